The van der Waals surface area contributed by atoms with E-state index in [1.54, 1.807) is 0 Å². The number of hydrogen-bond acceptors (Lipinski definition) is 2. The maximum Gasteiger partial charge on any atom is 0.119 e. The van der Waals surface area contributed by atoms with Crippen molar-refractivity contribution >= 4 is 0 Å². The number of ether oxygens (including phenoxy) is 1. The van der Waals surface area contributed by atoms with E-state index in [0.29, 0.717) is 6.61 Å². The molecule has 2 heteroatoms. The zero-order valence-corrected chi connectivity index (χ0v) is 12.5. The summed E-state index contributed by atoms with van der Waals surface area (Å²) >= 11 is 0. The van der Waals surface area contributed by atoms with Gasteiger partial charge in [0, 0.05) is 0 Å². The molecule has 1 atom stereocenters. The third-order valence-corrected chi connectivity index (χ3v) is 3.60. The van der Waals surface area contributed by atoms with Crippen molar-refractivity contribution in [2.75, 3.05) is 6.61 Å². The van der Waals surface area contributed by atoms with E-state index in [4.69, 9.17) is 10.5 Å². The van der Waals surface area contributed by atoms with Crippen molar-refractivity contribution in [1.82, 2.24) is 0 Å². The van der Waals surface area contributed by atoms with Gasteiger partial charge in [-0.2, -0.15) is 0 Å². The summed E-state index contributed by atoms with van der Waals surface area (Å²) in [7, 11) is 0. The molecule has 20 heavy (non-hydrogen) atoms. The monoisotopic (exact) mass is 269 g/mol. The molecule has 0 fully saturated rings. The van der Waals surface area contributed by atoms with Crippen LogP contribution in [0, 0.1) is 13.8 Å². The Morgan fingerprint density at radius 2 is 1.75 bits per heavy atom. The first-order chi connectivity index (χ1) is 9.60. The highest BCUT2D eigenvalue weighted by Gasteiger charge is 2.10. The largest absolute Gasteiger partial charge is 0.492 e. The molecule has 2 aromatic carbocycles. The zero-order chi connectivity index (χ0) is 14.5. The summed E-state index contributed by atoms with van der Waals surface area (Å²) in [6.45, 7) is 6.81. The van der Waals surface area contributed by atoms with Gasteiger partial charge in [0.05, 0.1) is 6.04 Å². The van der Waals surface area contributed by atoms with E-state index in [9.17, 15) is 0 Å². The first kappa shape index (κ1) is 14.6. The summed E-state index contributed by atoms with van der Waals surface area (Å²) in [4.78, 5) is 0. The second-order valence-electron chi connectivity index (χ2n) is 5.28. The second kappa shape index (κ2) is 6.58. The Morgan fingerprint density at radius 3 is 2.40 bits per heavy atom. The topological polar surface area (TPSA) is 35.2 Å². The minimum atomic E-state index is -0.0965. The molecule has 0 aliphatic carbocycles. The van der Waals surface area contributed by atoms with E-state index in [1.165, 1.54) is 16.7 Å². The third kappa shape index (κ3) is 3.61. The summed E-state index contributed by atoms with van der Waals surface area (Å²) in [5.74, 6) is 0.878. The first-order valence-electron chi connectivity index (χ1n) is 7.14. The summed E-state index contributed by atoms with van der Waals surface area (Å²) in [6, 6.07) is 14.5. The summed E-state index contributed by atoms with van der Waals surface area (Å²) < 4.78 is 5.79. The molecule has 0 saturated carbocycles. The lowest BCUT2D eigenvalue weighted by molar-refractivity contribution is 0.290. The van der Waals surface area contributed by atoms with E-state index >= 15 is 0 Å². The average Bonchev–Trinajstić information content (AvgIpc) is 2.47. The van der Waals surface area contributed by atoms with Crippen LogP contribution < -0.4 is 10.5 Å². The van der Waals surface area contributed by atoms with Crippen molar-refractivity contribution in [2.45, 2.75) is 33.2 Å². The standard InChI is InChI=1S/C18H23NO/c1-4-15-7-9-16(10-8-15)20-12-18(19)17-11-13(2)5-6-14(17)3/h5-11,18H,4,12,19H2,1-3H3. The van der Waals surface area contributed by atoms with Gasteiger partial charge in [-0.15, -0.1) is 0 Å². The molecule has 2 N–H and O–H groups in total. The molecule has 0 spiro atoms. The summed E-state index contributed by atoms with van der Waals surface area (Å²) in [6.07, 6.45) is 1.04. The fraction of sp³-hybridized carbons (Fsp3) is 0.333. The van der Waals surface area contributed by atoms with Gasteiger partial charge in [0.2, 0.25) is 0 Å². The molecular weight excluding hydrogens is 246 g/mol. The fourth-order valence-corrected chi connectivity index (χ4v) is 2.26. The number of nitrogens with two attached hydrogens (primary N) is 1. The van der Waals surface area contributed by atoms with Crippen LogP contribution in [0.25, 0.3) is 0 Å². The Bertz CT molecular complexity index is 560. The van der Waals surface area contributed by atoms with Gasteiger partial charge < -0.3 is 10.5 Å². The lowest BCUT2D eigenvalue weighted by atomic mass is 10.00. The van der Waals surface area contributed by atoms with Gasteiger partial charge in [-0.3, -0.25) is 0 Å². The van der Waals surface area contributed by atoms with Crippen LogP contribution in [0.15, 0.2) is 42.5 Å². The maximum absolute atomic E-state index is 6.24. The Kier molecular flexibility index (Phi) is 4.80. The average molecular weight is 269 g/mol. The van der Waals surface area contributed by atoms with Crippen molar-refractivity contribution in [2.24, 2.45) is 5.73 Å². The molecular formula is C18H23NO. The first-order valence-corrected chi connectivity index (χ1v) is 7.14. The van der Waals surface area contributed by atoms with E-state index in [-0.39, 0.29) is 6.04 Å². The molecule has 2 aromatic rings. The number of aryl methyl sites for hydroxylation is 3. The maximum atomic E-state index is 6.24. The van der Waals surface area contributed by atoms with Crippen LogP contribution in [-0.4, -0.2) is 6.61 Å². The van der Waals surface area contributed by atoms with Crippen LogP contribution in [0.4, 0.5) is 0 Å². The Balaban J connectivity index is 2.00. The van der Waals surface area contributed by atoms with Crippen LogP contribution in [0.1, 0.15) is 35.2 Å². The molecule has 0 aliphatic heterocycles. The van der Waals surface area contributed by atoms with E-state index < -0.39 is 0 Å². The molecule has 106 valence electrons. The predicted molar refractivity (Wildman–Crippen MR) is 84.2 cm³/mol. The lowest BCUT2D eigenvalue weighted by Crippen LogP contribution is -2.20. The second-order valence-corrected chi connectivity index (χ2v) is 5.28. The van der Waals surface area contributed by atoms with Crippen molar-refractivity contribution < 1.29 is 4.74 Å². The van der Waals surface area contributed by atoms with Gasteiger partial charge in [-0.1, -0.05) is 42.8 Å². The lowest BCUT2D eigenvalue weighted by Gasteiger charge is -2.16. The minimum Gasteiger partial charge on any atom is -0.492 e. The molecule has 0 heterocycles. The highest BCUT2D eigenvalue weighted by atomic mass is 16.5. The van der Waals surface area contributed by atoms with Gasteiger partial charge in [-0.25, -0.2) is 0 Å². The number of benzene rings is 2. The summed E-state index contributed by atoms with van der Waals surface area (Å²) in [5.41, 5.74) is 11.2. The smallest absolute Gasteiger partial charge is 0.119 e. The fourth-order valence-electron chi connectivity index (χ4n) is 2.26. The zero-order valence-electron chi connectivity index (χ0n) is 12.5. The molecule has 0 saturated heterocycles. The Morgan fingerprint density at radius 1 is 1.05 bits per heavy atom. The highest BCUT2D eigenvalue weighted by Crippen LogP contribution is 2.19. The normalized spacial score (nSPS) is 12.2. The van der Waals surface area contributed by atoms with Gasteiger partial charge in [0.1, 0.15) is 12.4 Å². The number of rotatable bonds is 5. The van der Waals surface area contributed by atoms with Crippen LogP contribution >= 0.6 is 0 Å². The van der Waals surface area contributed by atoms with Gasteiger partial charge >= 0.3 is 0 Å². The minimum absolute atomic E-state index is 0.0965. The third-order valence-electron chi connectivity index (χ3n) is 3.60. The van der Waals surface area contributed by atoms with Crippen LogP contribution in [-0.2, 0) is 6.42 Å². The number of hydrogen-bond donors (Lipinski definition) is 1. The van der Waals surface area contributed by atoms with Crippen LogP contribution in [0.2, 0.25) is 0 Å². The molecule has 2 nitrogen and oxygen atoms in total. The summed E-state index contributed by atoms with van der Waals surface area (Å²) in [5, 5.41) is 0. The molecule has 1 unspecified atom stereocenters. The SMILES string of the molecule is CCc1ccc(OCC(N)c2cc(C)ccc2C)cc1. The van der Waals surface area contributed by atoms with E-state index in [1.807, 2.05) is 12.1 Å². The highest BCUT2D eigenvalue weighted by molar-refractivity contribution is 5.33. The van der Waals surface area contributed by atoms with Crippen molar-refractivity contribution in [1.29, 1.82) is 0 Å². The molecule has 0 bridgehead atoms. The predicted octanol–water partition coefficient (Wildman–Crippen LogP) is 3.94. The van der Waals surface area contributed by atoms with Crippen molar-refractivity contribution in [3.8, 4) is 5.75 Å². The molecule has 0 aromatic heterocycles. The molecule has 0 aliphatic rings. The van der Waals surface area contributed by atoms with Gasteiger partial charge in [0.25, 0.3) is 0 Å². The van der Waals surface area contributed by atoms with Gasteiger partial charge in [-0.05, 0) is 49.1 Å². The Labute approximate surface area is 121 Å². The molecule has 0 radical (unpaired) electrons. The molecule has 2 rings (SSSR count). The van der Waals surface area contributed by atoms with Gasteiger partial charge in [0.15, 0.2) is 0 Å². The van der Waals surface area contributed by atoms with Crippen LogP contribution in [0.3, 0.4) is 0 Å². The van der Waals surface area contributed by atoms with Crippen molar-refractivity contribution in [3.63, 3.8) is 0 Å². The quantitative estimate of drug-likeness (QED) is 0.892. The van der Waals surface area contributed by atoms with Crippen LogP contribution in [0.5, 0.6) is 5.75 Å². The van der Waals surface area contributed by atoms with E-state index in [0.717, 1.165) is 17.7 Å². The van der Waals surface area contributed by atoms with E-state index in [2.05, 4.69) is 51.1 Å². The Hall–Kier alpha value is -1.80. The molecule has 0 amide bonds. The van der Waals surface area contributed by atoms with Crippen molar-refractivity contribution in [3.05, 3.63) is 64.7 Å².